The lowest BCUT2D eigenvalue weighted by molar-refractivity contribution is 0.0729. The molecule has 1 aliphatic rings. The van der Waals surface area contributed by atoms with Crippen LogP contribution in [0.2, 0.25) is 0 Å². The number of benzene rings is 2. The van der Waals surface area contributed by atoms with Crippen LogP contribution in [0.4, 0.5) is 0 Å². The molecule has 0 atom stereocenters. The molecule has 0 heterocycles. The Kier molecular flexibility index (Phi) is 8.21. The second-order valence-corrected chi connectivity index (χ2v) is 8.31. The molecule has 0 aliphatic heterocycles. The van der Waals surface area contributed by atoms with E-state index in [0.717, 1.165) is 22.9 Å². The summed E-state index contributed by atoms with van der Waals surface area (Å²) in [5.41, 5.74) is 4.07. The van der Waals surface area contributed by atoms with E-state index in [0.29, 0.717) is 28.2 Å². The number of rotatable bonds is 6. The molecule has 0 radical (unpaired) electrons. The summed E-state index contributed by atoms with van der Waals surface area (Å²) in [6.07, 6.45) is 7.69. The first-order valence-electron chi connectivity index (χ1n) is 9.80. The smallest absolute Gasteiger partial charge is 0.343 e. The van der Waals surface area contributed by atoms with Crippen LogP contribution < -0.4 is 20.2 Å². The molecule has 0 aromatic heterocycles. The minimum Gasteiger partial charge on any atom is -0.493 e. The molecule has 158 valence electrons. The molecule has 0 bridgehead atoms. The Morgan fingerprint density at radius 3 is 2.70 bits per heavy atom. The number of ether oxygens (including phenoxy) is 2. The fourth-order valence-electron chi connectivity index (χ4n) is 3.25. The van der Waals surface area contributed by atoms with E-state index in [1.54, 1.807) is 42.6 Å². The van der Waals surface area contributed by atoms with E-state index in [4.69, 9.17) is 21.7 Å². The van der Waals surface area contributed by atoms with E-state index < -0.39 is 5.97 Å². The summed E-state index contributed by atoms with van der Waals surface area (Å²) < 4.78 is 11.7. The number of hydrogen-bond acceptors (Lipinski definition) is 5. The minimum absolute atomic E-state index is 0.335. The topological polar surface area (TPSA) is 71.9 Å². The van der Waals surface area contributed by atoms with E-state index in [1.165, 1.54) is 26.4 Å². The molecule has 3 rings (SSSR count). The van der Waals surface area contributed by atoms with Crippen molar-refractivity contribution in [2.75, 3.05) is 7.11 Å². The van der Waals surface area contributed by atoms with Gasteiger partial charge in [-0.3, -0.25) is 5.43 Å². The number of hydrazone groups is 1. The highest BCUT2D eigenvalue weighted by Gasteiger charge is 2.14. The normalized spacial score (nSPS) is 14.3. The van der Waals surface area contributed by atoms with Gasteiger partial charge in [-0.15, -0.1) is 0 Å². The van der Waals surface area contributed by atoms with Gasteiger partial charge in [-0.2, -0.15) is 5.10 Å². The summed E-state index contributed by atoms with van der Waals surface area (Å²) in [6, 6.07) is 12.6. The SMILES string of the molecule is COc1cc(/C=N/NC(=S)NC2CCCCC2)ccc1OC(=O)c1cccc(Br)c1. The number of nitrogens with zero attached hydrogens (tertiary/aromatic N) is 1. The van der Waals surface area contributed by atoms with Crippen LogP contribution in [0.15, 0.2) is 52.0 Å². The van der Waals surface area contributed by atoms with Crippen molar-refractivity contribution in [1.82, 2.24) is 10.7 Å². The fourth-order valence-corrected chi connectivity index (χ4v) is 3.87. The Morgan fingerprint density at radius 1 is 1.17 bits per heavy atom. The van der Waals surface area contributed by atoms with Crippen LogP contribution in [0, 0.1) is 0 Å². The first-order valence-corrected chi connectivity index (χ1v) is 11.0. The average molecular weight is 490 g/mol. The van der Waals surface area contributed by atoms with Crippen molar-refractivity contribution in [1.29, 1.82) is 0 Å². The molecule has 1 saturated carbocycles. The van der Waals surface area contributed by atoms with Gasteiger partial charge in [-0.05, 0) is 67.0 Å². The van der Waals surface area contributed by atoms with Crippen molar-refractivity contribution in [2.24, 2.45) is 5.10 Å². The molecule has 2 aromatic carbocycles. The summed E-state index contributed by atoms with van der Waals surface area (Å²) in [5, 5.41) is 8.00. The molecule has 0 unspecified atom stereocenters. The van der Waals surface area contributed by atoms with E-state index in [1.807, 2.05) is 6.07 Å². The Balaban J connectivity index is 1.58. The maximum atomic E-state index is 12.4. The zero-order chi connectivity index (χ0) is 21.3. The predicted octanol–water partition coefficient (Wildman–Crippen LogP) is 4.81. The Hall–Kier alpha value is -2.45. The minimum atomic E-state index is -0.461. The van der Waals surface area contributed by atoms with Crippen molar-refractivity contribution in [3.63, 3.8) is 0 Å². The molecule has 2 aromatic rings. The fraction of sp³-hybridized carbons (Fsp3) is 0.318. The van der Waals surface area contributed by atoms with Crippen molar-refractivity contribution in [3.8, 4) is 11.5 Å². The summed E-state index contributed by atoms with van der Waals surface area (Å²) in [4.78, 5) is 12.4. The number of hydrogen-bond donors (Lipinski definition) is 2. The van der Waals surface area contributed by atoms with E-state index in [2.05, 4.69) is 31.8 Å². The van der Waals surface area contributed by atoms with Gasteiger partial charge in [0.1, 0.15) is 0 Å². The number of carbonyl (C=O) groups excluding carboxylic acids is 1. The first kappa shape index (κ1) is 22.2. The largest absolute Gasteiger partial charge is 0.493 e. The lowest BCUT2D eigenvalue weighted by Gasteiger charge is -2.23. The molecule has 0 amide bonds. The monoisotopic (exact) mass is 489 g/mol. The Bertz CT molecular complexity index is 930. The highest BCUT2D eigenvalue weighted by atomic mass is 79.9. The molecule has 6 nitrogen and oxygen atoms in total. The number of carbonyl (C=O) groups is 1. The van der Waals surface area contributed by atoms with Crippen LogP contribution in [0.25, 0.3) is 0 Å². The first-order chi connectivity index (χ1) is 14.5. The summed E-state index contributed by atoms with van der Waals surface area (Å²) in [5.74, 6) is 0.309. The van der Waals surface area contributed by atoms with Crippen LogP contribution >= 0.6 is 28.1 Å². The predicted molar refractivity (Wildman–Crippen MR) is 125 cm³/mol. The van der Waals surface area contributed by atoms with Gasteiger partial charge in [-0.25, -0.2) is 4.79 Å². The third-order valence-electron chi connectivity index (χ3n) is 4.77. The summed E-state index contributed by atoms with van der Waals surface area (Å²) in [7, 11) is 1.52. The van der Waals surface area contributed by atoms with E-state index in [-0.39, 0.29) is 0 Å². The molecule has 2 N–H and O–H groups in total. The van der Waals surface area contributed by atoms with Crippen LogP contribution in [0.1, 0.15) is 48.0 Å². The van der Waals surface area contributed by atoms with E-state index >= 15 is 0 Å². The number of nitrogens with one attached hydrogen (secondary N) is 2. The maximum Gasteiger partial charge on any atom is 0.343 e. The van der Waals surface area contributed by atoms with Gasteiger partial charge >= 0.3 is 5.97 Å². The molecule has 0 saturated heterocycles. The van der Waals surface area contributed by atoms with Crippen LogP contribution in [-0.4, -0.2) is 30.4 Å². The van der Waals surface area contributed by atoms with Gasteiger partial charge in [0.2, 0.25) is 0 Å². The Morgan fingerprint density at radius 2 is 1.97 bits per heavy atom. The van der Waals surface area contributed by atoms with Crippen molar-refractivity contribution < 1.29 is 14.3 Å². The molecule has 0 spiro atoms. The molecule has 30 heavy (non-hydrogen) atoms. The second kappa shape index (κ2) is 11.1. The van der Waals surface area contributed by atoms with Gasteiger partial charge in [0, 0.05) is 10.5 Å². The Labute approximate surface area is 190 Å². The maximum absolute atomic E-state index is 12.4. The van der Waals surface area contributed by atoms with Gasteiger partial charge in [0.25, 0.3) is 0 Å². The standard InChI is InChI=1S/C22H24BrN3O3S/c1-28-20-12-15(14-24-26-22(30)25-18-8-3-2-4-9-18)10-11-19(20)29-21(27)16-6-5-7-17(23)13-16/h5-7,10-14,18H,2-4,8-9H2,1H3,(H2,25,26,30)/b24-14+. The number of thiocarbonyl (C=S) groups is 1. The number of methoxy groups -OCH3 is 1. The van der Waals surface area contributed by atoms with Gasteiger partial charge in [0.15, 0.2) is 16.6 Å². The molecule has 1 aliphatic carbocycles. The highest BCUT2D eigenvalue weighted by molar-refractivity contribution is 9.10. The summed E-state index contributed by atoms with van der Waals surface area (Å²) in [6.45, 7) is 0. The van der Waals surface area contributed by atoms with Crippen LogP contribution in [-0.2, 0) is 0 Å². The molecule has 8 heteroatoms. The third-order valence-corrected chi connectivity index (χ3v) is 5.47. The number of halogens is 1. The molecular formula is C22H24BrN3O3S. The number of esters is 1. The van der Waals surface area contributed by atoms with Crippen molar-refractivity contribution in [3.05, 3.63) is 58.1 Å². The molecular weight excluding hydrogens is 466 g/mol. The van der Waals surface area contributed by atoms with Gasteiger partial charge < -0.3 is 14.8 Å². The highest BCUT2D eigenvalue weighted by Crippen LogP contribution is 2.28. The average Bonchev–Trinajstić information content (AvgIpc) is 2.75. The lowest BCUT2D eigenvalue weighted by Crippen LogP contribution is -2.40. The van der Waals surface area contributed by atoms with E-state index in [9.17, 15) is 4.79 Å². The summed E-state index contributed by atoms with van der Waals surface area (Å²) >= 11 is 8.65. The van der Waals surface area contributed by atoms with Gasteiger partial charge in [-0.1, -0.05) is 41.3 Å². The van der Waals surface area contributed by atoms with Crippen molar-refractivity contribution >= 4 is 45.4 Å². The zero-order valence-electron chi connectivity index (χ0n) is 16.7. The van der Waals surface area contributed by atoms with Crippen LogP contribution in [0.5, 0.6) is 11.5 Å². The quantitative estimate of drug-likeness (QED) is 0.199. The molecule has 1 fully saturated rings. The zero-order valence-corrected chi connectivity index (χ0v) is 19.1. The van der Waals surface area contributed by atoms with Gasteiger partial charge in [0.05, 0.1) is 18.9 Å². The van der Waals surface area contributed by atoms with Crippen LogP contribution in [0.3, 0.4) is 0 Å². The lowest BCUT2D eigenvalue weighted by atomic mass is 9.96. The third kappa shape index (κ3) is 6.53. The second-order valence-electron chi connectivity index (χ2n) is 6.99. The van der Waals surface area contributed by atoms with Crippen molar-refractivity contribution in [2.45, 2.75) is 38.1 Å².